The molecule has 0 atom stereocenters. The van der Waals surface area contributed by atoms with Crippen LogP contribution in [-0.4, -0.2) is 31.1 Å². The van der Waals surface area contributed by atoms with E-state index in [4.69, 9.17) is 9.47 Å². The lowest BCUT2D eigenvalue weighted by atomic mass is 9.85. The summed E-state index contributed by atoms with van der Waals surface area (Å²) in [5.74, 6) is 0.234. The summed E-state index contributed by atoms with van der Waals surface area (Å²) in [6.07, 6.45) is 0.731. The van der Waals surface area contributed by atoms with E-state index < -0.39 is 11.6 Å². The third kappa shape index (κ3) is 4.95. The average molecular weight is 486 g/mol. The van der Waals surface area contributed by atoms with Crippen LogP contribution < -0.4 is 21.9 Å². The smallest absolute Gasteiger partial charge is 0.215 e. The zero-order chi connectivity index (χ0) is 23.8. The van der Waals surface area contributed by atoms with Gasteiger partial charge in [0, 0.05) is 12.0 Å². The molecule has 0 radical (unpaired) electrons. The van der Waals surface area contributed by atoms with Gasteiger partial charge in [0.1, 0.15) is 18.2 Å². The van der Waals surface area contributed by atoms with Crippen LogP contribution in [-0.2, 0) is 18.4 Å². The molecule has 34 heavy (non-hydrogen) atoms. The lowest BCUT2D eigenvalue weighted by Crippen LogP contribution is -3.00. The molecule has 1 aliphatic heterocycles. The molecule has 0 fully saturated rings. The van der Waals surface area contributed by atoms with Crippen molar-refractivity contribution in [2.24, 2.45) is 0 Å². The molecule has 0 saturated heterocycles. The van der Waals surface area contributed by atoms with Crippen molar-refractivity contribution < 1.29 is 35.2 Å². The number of rotatable bonds is 5. The molecule has 1 aliphatic rings. The highest BCUT2D eigenvalue weighted by atomic mass is 35.5. The van der Waals surface area contributed by atoms with Crippen molar-refractivity contribution in [2.75, 3.05) is 20.8 Å². The van der Waals surface area contributed by atoms with Crippen LogP contribution in [0.2, 0.25) is 0 Å². The van der Waals surface area contributed by atoms with Crippen LogP contribution in [0.4, 0.5) is 8.78 Å². The van der Waals surface area contributed by atoms with E-state index in [9.17, 15) is 8.78 Å². The summed E-state index contributed by atoms with van der Waals surface area (Å²) in [5, 5.41) is 0. The van der Waals surface area contributed by atoms with Crippen LogP contribution in [0.1, 0.15) is 48.6 Å². The molecule has 3 nitrogen and oxygen atoms in total. The van der Waals surface area contributed by atoms with Gasteiger partial charge < -0.3 is 21.9 Å². The van der Waals surface area contributed by atoms with E-state index in [0.717, 1.165) is 28.8 Å². The standard InChI is InChI=1S/C28H30F2NO2.ClH/c1-28(2,3)20-11-9-18(10-12-20)27-21-16-26(33-5)25(32-4)15-19(21)13-14-31(27)17-22-23(29)7-6-8-24(22)30;/h6-12,15-16H,13-14,17H2,1-5H3;1H/q+1;/p-1. The van der Waals surface area contributed by atoms with E-state index in [0.29, 0.717) is 18.0 Å². The Morgan fingerprint density at radius 3 is 2.03 bits per heavy atom. The van der Waals surface area contributed by atoms with Gasteiger partial charge in [-0.25, -0.2) is 13.4 Å². The Labute approximate surface area is 206 Å². The van der Waals surface area contributed by atoms with Gasteiger partial charge >= 0.3 is 0 Å². The first kappa shape index (κ1) is 25.7. The van der Waals surface area contributed by atoms with Crippen molar-refractivity contribution in [3.05, 3.63) is 94.0 Å². The van der Waals surface area contributed by atoms with Crippen molar-refractivity contribution in [1.82, 2.24) is 0 Å². The quantitative estimate of drug-likeness (QED) is 0.518. The van der Waals surface area contributed by atoms with Crippen LogP contribution in [0.3, 0.4) is 0 Å². The second-order valence-corrected chi connectivity index (χ2v) is 9.41. The fourth-order valence-corrected chi connectivity index (χ4v) is 4.38. The number of benzene rings is 3. The molecule has 1 heterocycles. The highest BCUT2D eigenvalue weighted by Gasteiger charge is 2.31. The molecule has 180 valence electrons. The minimum absolute atomic E-state index is 0. The monoisotopic (exact) mass is 485 g/mol. The first-order valence-electron chi connectivity index (χ1n) is 11.1. The third-order valence-electron chi connectivity index (χ3n) is 6.27. The van der Waals surface area contributed by atoms with E-state index in [1.54, 1.807) is 14.2 Å². The Bertz CT molecular complexity index is 1190. The van der Waals surface area contributed by atoms with Crippen molar-refractivity contribution in [3.63, 3.8) is 0 Å². The molecular formula is C28H30ClF2NO2. The van der Waals surface area contributed by atoms with Gasteiger partial charge in [-0.15, -0.1) is 0 Å². The maximum atomic E-state index is 14.5. The maximum absolute atomic E-state index is 14.5. The summed E-state index contributed by atoms with van der Waals surface area (Å²) >= 11 is 0. The van der Waals surface area contributed by atoms with Gasteiger partial charge in [-0.3, -0.25) is 0 Å². The van der Waals surface area contributed by atoms with Gasteiger partial charge in [0.25, 0.3) is 0 Å². The van der Waals surface area contributed by atoms with Gasteiger partial charge in [-0.1, -0.05) is 39.0 Å². The minimum atomic E-state index is -0.532. The Hall–Kier alpha value is -2.92. The maximum Gasteiger partial charge on any atom is 0.215 e. The summed E-state index contributed by atoms with van der Waals surface area (Å²) in [4.78, 5) is 0. The number of hydrogen-bond donors (Lipinski definition) is 0. The molecule has 0 bridgehead atoms. The first-order chi connectivity index (χ1) is 15.7. The van der Waals surface area contributed by atoms with Crippen molar-refractivity contribution in [1.29, 1.82) is 0 Å². The summed E-state index contributed by atoms with van der Waals surface area (Å²) in [7, 11) is 3.23. The molecule has 3 aromatic rings. The van der Waals surface area contributed by atoms with Crippen LogP contribution in [0.25, 0.3) is 0 Å². The number of fused-ring (bicyclic) bond motifs is 1. The Kier molecular flexibility index (Phi) is 7.67. The summed E-state index contributed by atoms with van der Waals surface area (Å²) in [6, 6.07) is 16.4. The lowest BCUT2D eigenvalue weighted by Gasteiger charge is -2.22. The SMILES string of the molecule is COc1cc2c(cc1OC)C(c1ccc(C(C)(C)C)cc1)=[N+](Cc1c(F)cccc1F)CC2.[Cl-]. The van der Waals surface area contributed by atoms with E-state index in [-0.39, 0.29) is 29.9 Å². The molecule has 0 unspecified atom stereocenters. The van der Waals surface area contributed by atoms with Crippen molar-refractivity contribution in [2.45, 2.75) is 39.2 Å². The van der Waals surface area contributed by atoms with Crippen LogP contribution in [0.5, 0.6) is 11.5 Å². The number of nitrogens with zero attached hydrogens (tertiary/aromatic N) is 1. The topological polar surface area (TPSA) is 21.5 Å². The fourth-order valence-electron chi connectivity index (χ4n) is 4.38. The second-order valence-electron chi connectivity index (χ2n) is 9.41. The molecule has 0 aromatic heterocycles. The Morgan fingerprint density at radius 1 is 0.882 bits per heavy atom. The number of ether oxygens (including phenoxy) is 2. The van der Waals surface area contributed by atoms with E-state index >= 15 is 0 Å². The highest BCUT2D eigenvalue weighted by molar-refractivity contribution is 6.11. The van der Waals surface area contributed by atoms with Crippen molar-refractivity contribution >= 4 is 5.71 Å². The zero-order valence-electron chi connectivity index (χ0n) is 20.2. The summed E-state index contributed by atoms with van der Waals surface area (Å²) in [5.41, 5.74) is 5.35. The molecule has 3 aromatic carbocycles. The normalized spacial score (nSPS) is 13.3. The van der Waals surface area contributed by atoms with E-state index in [1.807, 2.05) is 12.1 Å². The van der Waals surface area contributed by atoms with Gasteiger partial charge in [-0.2, -0.15) is 0 Å². The highest BCUT2D eigenvalue weighted by Crippen LogP contribution is 2.34. The van der Waals surface area contributed by atoms with Crippen LogP contribution in [0, 0.1) is 11.6 Å². The summed E-state index contributed by atoms with van der Waals surface area (Å²) in [6.45, 7) is 7.30. The van der Waals surface area contributed by atoms with Gasteiger partial charge in [0.2, 0.25) is 5.71 Å². The molecule has 0 N–H and O–H groups in total. The largest absolute Gasteiger partial charge is 1.00 e. The van der Waals surface area contributed by atoms with Gasteiger partial charge in [0.05, 0.1) is 25.3 Å². The van der Waals surface area contributed by atoms with Crippen LogP contribution in [0.15, 0.2) is 54.6 Å². The van der Waals surface area contributed by atoms with E-state index in [2.05, 4.69) is 49.6 Å². The summed E-state index contributed by atoms with van der Waals surface area (Å²) < 4.78 is 42.2. The minimum Gasteiger partial charge on any atom is -1.00 e. The van der Waals surface area contributed by atoms with Gasteiger partial charge in [-0.05, 0) is 52.9 Å². The fraction of sp³-hybridized carbons (Fsp3) is 0.321. The predicted octanol–water partition coefficient (Wildman–Crippen LogP) is 2.89. The molecule has 6 heteroatoms. The van der Waals surface area contributed by atoms with E-state index in [1.165, 1.54) is 23.8 Å². The first-order valence-corrected chi connectivity index (χ1v) is 11.1. The molecule has 0 amide bonds. The zero-order valence-corrected chi connectivity index (χ0v) is 21.0. The lowest BCUT2D eigenvalue weighted by molar-refractivity contribution is -0.544. The average Bonchev–Trinajstić information content (AvgIpc) is 2.79. The number of methoxy groups -OCH3 is 2. The molecular weight excluding hydrogens is 456 g/mol. The number of hydrogen-bond acceptors (Lipinski definition) is 2. The Balaban J connectivity index is 0.00000324. The molecule has 0 spiro atoms. The molecule has 4 rings (SSSR count). The van der Waals surface area contributed by atoms with Gasteiger partial charge in [0.15, 0.2) is 18.0 Å². The second kappa shape index (κ2) is 10.1. The Morgan fingerprint density at radius 2 is 1.47 bits per heavy atom. The van der Waals surface area contributed by atoms with Crippen LogP contribution >= 0.6 is 0 Å². The number of halogens is 3. The predicted molar refractivity (Wildman–Crippen MR) is 127 cm³/mol. The molecule has 0 aliphatic carbocycles. The molecule has 0 saturated carbocycles. The third-order valence-corrected chi connectivity index (χ3v) is 6.27. The van der Waals surface area contributed by atoms with Crippen molar-refractivity contribution in [3.8, 4) is 11.5 Å².